The molecule has 0 aliphatic heterocycles. The van der Waals surface area contributed by atoms with Crippen LogP contribution in [0.25, 0.3) is 0 Å². The summed E-state index contributed by atoms with van der Waals surface area (Å²) in [5.41, 5.74) is 5.23. The Bertz CT molecular complexity index is 152. The van der Waals surface area contributed by atoms with Gasteiger partial charge in [0.2, 0.25) is 0 Å². The van der Waals surface area contributed by atoms with Gasteiger partial charge in [0.05, 0.1) is 5.60 Å². The van der Waals surface area contributed by atoms with Crippen LogP contribution in [0.3, 0.4) is 0 Å². The zero-order chi connectivity index (χ0) is 8.70. The van der Waals surface area contributed by atoms with E-state index in [0.29, 0.717) is 17.9 Å². The molecule has 2 heteroatoms. The maximum Gasteiger partial charge on any atom is 0.0665 e. The summed E-state index contributed by atoms with van der Waals surface area (Å²) in [5.74, 6) is 0.457. The average Bonchev–Trinajstić information content (AvgIpc) is 2.41. The van der Waals surface area contributed by atoms with E-state index in [9.17, 15) is 5.11 Å². The van der Waals surface area contributed by atoms with Crippen molar-refractivity contribution < 1.29 is 5.11 Å². The second-order valence-electron chi connectivity index (χ2n) is 4.64. The van der Waals surface area contributed by atoms with Crippen molar-refractivity contribution in [3.8, 4) is 0 Å². The van der Waals surface area contributed by atoms with Crippen LogP contribution in [0.4, 0.5) is 0 Å². The average molecular weight is 157 g/mol. The second kappa shape index (κ2) is 2.46. The van der Waals surface area contributed by atoms with Crippen molar-refractivity contribution in [3.05, 3.63) is 0 Å². The molecule has 0 heterocycles. The van der Waals surface area contributed by atoms with Crippen molar-refractivity contribution in [2.75, 3.05) is 6.54 Å². The fourth-order valence-electron chi connectivity index (χ4n) is 2.00. The van der Waals surface area contributed by atoms with Crippen molar-refractivity contribution in [2.45, 2.75) is 39.2 Å². The topological polar surface area (TPSA) is 46.2 Å². The predicted octanol–water partition coefficient (Wildman–Crippen LogP) is 1.13. The van der Waals surface area contributed by atoms with Crippen molar-refractivity contribution in [1.29, 1.82) is 0 Å². The fraction of sp³-hybridized carbons (Fsp3) is 1.00. The van der Waals surface area contributed by atoms with Crippen LogP contribution >= 0.6 is 0 Å². The summed E-state index contributed by atoms with van der Waals surface area (Å²) >= 11 is 0. The molecule has 11 heavy (non-hydrogen) atoms. The molecular weight excluding hydrogens is 138 g/mol. The maximum atomic E-state index is 9.91. The highest BCUT2D eigenvalue weighted by Gasteiger charge is 2.54. The van der Waals surface area contributed by atoms with Crippen LogP contribution in [0.5, 0.6) is 0 Å². The molecule has 2 atom stereocenters. The molecule has 0 bridgehead atoms. The standard InChI is InChI=1S/C9H19NO/c1-8(2)6-7(8)9(3,11)4-5-10/h7,11H,4-6,10H2,1-3H3. The molecule has 1 saturated carbocycles. The Morgan fingerprint density at radius 2 is 2.09 bits per heavy atom. The van der Waals surface area contributed by atoms with E-state index in [1.165, 1.54) is 0 Å². The van der Waals surface area contributed by atoms with Crippen molar-refractivity contribution >= 4 is 0 Å². The van der Waals surface area contributed by atoms with Gasteiger partial charge in [0.1, 0.15) is 0 Å². The summed E-state index contributed by atoms with van der Waals surface area (Å²) in [7, 11) is 0. The van der Waals surface area contributed by atoms with Gasteiger partial charge in [0.25, 0.3) is 0 Å². The van der Waals surface area contributed by atoms with E-state index in [1.807, 2.05) is 6.92 Å². The first-order valence-corrected chi connectivity index (χ1v) is 4.32. The minimum Gasteiger partial charge on any atom is -0.390 e. The lowest BCUT2D eigenvalue weighted by molar-refractivity contribution is 0.0191. The number of aliphatic hydroxyl groups is 1. The second-order valence-corrected chi connectivity index (χ2v) is 4.64. The van der Waals surface area contributed by atoms with Gasteiger partial charge >= 0.3 is 0 Å². The SMILES string of the molecule is CC1(C)CC1C(C)(O)CCN. The highest BCUT2D eigenvalue weighted by Crippen LogP contribution is 2.57. The van der Waals surface area contributed by atoms with Gasteiger partial charge in [-0.2, -0.15) is 0 Å². The maximum absolute atomic E-state index is 9.91. The van der Waals surface area contributed by atoms with Gasteiger partial charge in [0, 0.05) is 0 Å². The number of hydrogen-bond acceptors (Lipinski definition) is 2. The Balaban J connectivity index is 2.48. The fourth-order valence-corrected chi connectivity index (χ4v) is 2.00. The third-order valence-corrected chi connectivity index (χ3v) is 2.91. The van der Waals surface area contributed by atoms with Gasteiger partial charge in [-0.1, -0.05) is 13.8 Å². The first kappa shape index (κ1) is 9.01. The molecule has 3 N–H and O–H groups in total. The Morgan fingerprint density at radius 1 is 1.64 bits per heavy atom. The van der Waals surface area contributed by atoms with E-state index >= 15 is 0 Å². The normalized spacial score (nSPS) is 33.0. The molecule has 0 amide bonds. The van der Waals surface area contributed by atoms with Crippen molar-refractivity contribution in [3.63, 3.8) is 0 Å². The smallest absolute Gasteiger partial charge is 0.0665 e. The van der Waals surface area contributed by atoms with Crippen LogP contribution in [0, 0.1) is 11.3 Å². The molecule has 1 aliphatic carbocycles. The Hall–Kier alpha value is -0.0800. The van der Waals surface area contributed by atoms with Crippen LogP contribution in [0.1, 0.15) is 33.6 Å². The van der Waals surface area contributed by atoms with Gasteiger partial charge in [-0.05, 0) is 37.6 Å². The third kappa shape index (κ3) is 1.74. The molecule has 1 fully saturated rings. The molecule has 0 aromatic heterocycles. The van der Waals surface area contributed by atoms with E-state index in [4.69, 9.17) is 5.73 Å². The molecule has 0 radical (unpaired) electrons. The Morgan fingerprint density at radius 3 is 2.36 bits per heavy atom. The quantitative estimate of drug-likeness (QED) is 0.645. The van der Waals surface area contributed by atoms with Crippen LogP contribution in [-0.2, 0) is 0 Å². The van der Waals surface area contributed by atoms with Crippen LogP contribution in [-0.4, -0.2) is 17.3 Å². The summed E-state index contributed by atoms with van der Waals surface area (Å²) in [6.07, 6.45) is 1.86. The molecule has 1 rings (SSSR count). The molecule has 0 aromatic carbocycles. The number of nitrogens with two attached hydrogens (primary N) is 1. The molecule has 0 saturated heterocycles. The Labute approximate surface area is 68.8 Å². The minimum atomic E-state index is -0.530. The number of hydrogen-bond donors (Lipinski definition) is 2. The lowest BCUT2D eigenvalue weighted by Gasteiger charge is -2.24. The largest absolute Gasteiger partial charge is 0.390 e. The van der Waals surface area contributed by atoms with E-state index in [1.54, 1.807) is 0 Å². The van der Waals surface area contributed by atoms with Gasteiger partial charge in [0.15, 0.2) is 0 Å². The third-order valence-electron chi connectivity index (χ3n) is 2.91. The lowest BCUT2D eigenvalue weighted by Crippen LogP contribution is -2.32. The summed E-state index contributed by atoms with van der Waals surface area (Å²) in [6, 6.07) is 0. The van der Waals surface area contributed by atoms with Crippen LogP contribution in [0.2, 0.25) is 0 Å². The zero-order valence-corrected chi connectivity index (χ0v) is 7.72. The van der Waals surface area contributed by atoms with Crippen LogP contribution in [0.15, 0.2) is 0 Å². The monoisotopic (exact) mass is 157 g/mol. The molecule has 1 aliphatic rings. The number of rotatable bonds is 3. The molecule has 2 unspecified atom stereocenters. The summed E-state index contributed by atoms with van der Waals surface area (Å²) in [4.78, 5) is 0. The van der Waals surface area contributed by atoms with Gasteiger partial charge in [-0.15, -0.1) is 0 Å². The molecule has 66 valence electrons. The molecular formula is C9H19NO. The van der Waals surface area contributed by atoms with E-state index in [2.05, 4.69) is 13.8 Å². The van der Waals surface area contributed by atoms with Gasteiger partial charge in [-0.3, -0.25) is 0 Å². The first-order chi connectivity index (χ1) is 4.90. The van der Waals surface area contributed by atoms with Crippen molar-refractivity contribution in [1.82, 2.24) is 0 Å². The van der Waals surface area contributed by atoms with Gasteiger partial charge in [-0.25, -0.2) is 0 Å². The predicted molar refractivity (Wildman–Crippen MR) is 46.2 cm³/mol. The summed E-state index contributed by atoms with van der Waals surface area (Å²) in [6.45, 7) is 6.88. The highest BCUT2D eigenvalue weighted by atomic mass is 16.3. The molecule has 2 nitrogen and oxygen atoms in total. The van der Waals surface area contributed by atoms with E-state index in [-0.39, 0.29) is 0 Å². The summed E-state index contributed by atoms with van der Waals surface area (Å²) < 4.78 is 0. The van der Waals surface area contributed by atoms with Gasteiger partial charge < -0.3 is 10.8 Å². The summed E-state index contributed by atoms with van der Waals surface area (Å²) in [5, 5.41) is 9.91. The molecule has 0 spiro atoms. The zero-order valence-electron chi connectivity index (χ0n) is 7.72. The van der Waals surface area contributed by atoms with E-state index < -0.39 is 5.60 Å². The first-order valence-electron chi connectivity index (χ1n) is 4.32. The van der Waals surface area contributed by atoms with Crippen molar-refractivity contribution in [2.24, 2.45) is 17.1 Å². The minimum absolute atomic E-state index is 0.346. The highest BCUT2D eigenvalue weighted by molar-refractivity contribution is 5.04. The lowest BCUT2D eigenvalue weighted by atomic mass is 9.91. The Kier molecular flexibility index (Phi) is 2.01. The molecule has 0 aromatic rings. The van der Waals surface area contributed by atoms with E-state index in [0.717, 1.165) is 12.8 Å². The van der Waals surface area contributed by atoms with Crippen LogP contribution < -0.4 is 5.73 Å².